The van der Waals surface area contributed by atoms with Crippen LogP contribution in [0.1, 0.15) is 5.56 Å². The predicted molar refractivity (Wildman–Crippen MR) is 85.0 cm³/mol. The van der Waals surface area contributed by atoms with Gasteiger partial charge in [-0.05, 0) is 23.8 Å². The second kappa shape index (κ2) is 6.93. The van der Waals surface area contributed by atoms with Crippen molar-refractivity contribution in [2.45, 2.75) is 0 Å². The number of methoxy groups -OCH3 is 1. The maximum atomic E-state index is 12.1. The van der Waals surface area contributed by atoms with Crippen molar-refractivity contribution < 1.29 is 17.9 Å². The summed E-state index contributed by atoms with van der Waals surface area (Å²) in [5, 5.41) is 0. The number of rotatable bonds is 4. The molecule has 0 aromatic heterocycles. The van der Waals surface area contributed by atoms with Gasteiger partial charge >= 0.3 is 0 Å². The quantitative estimate of drug-likeness (QED) is 0.769. The summed E-state index contributed by atoms with van der Waals surface area (Å²) < 4.78 is 29.3. The zero-order valence-electron chi connectivity index (χ0n) is 12.7. The van der Waals surface area contributed by atoms with Gasteiger partial charge in [-0.3, -0.25) is 4.79 Å². The minimum Gasteiger partial charge on any atom is -0.497 e. The van der Waals surface area contributed by atoms with Gasteiger partial charge in [0, 0.05) is 32.3 Å². The van der Waals surface area contributed by atoms with E-state index in [-0.39, 0.29) is 5.91 Å². The Balaban J connectivity index is 1.91. The number of piperazine rings is 1. The van der Waals surface area contributed by atoms with Crippen LogP contribution in [-0.2, 0) is 14.8 Å². The van der Waals surface area contributed by atoms with E-state index in [1.165, 1.54) is 16.6 Å². The maximum absolute atomic E-state index is 12.1. The van der Waals surface area contributed by atoms with Crippen LogP contribution in [0.3, 0.4) is 0 Å². The van der Waals surface area contributed by atoms with Gasteiger partial charge in [-0.2, -0.15) is 4.31 Å². The van der Waals surface area contributed by atoms with Crippen LogP contribution < -0.4 is 4.74 Å². The van der Waals surface area contributed by atoms with Gasteiger partial charge in [-0.15, -0.1) is 0 Å². The molecular weight excluding hydrogens is 304 g/mol. The molecule has 0 saturated carbocycles. The van der Waals surface area contributed by atoms with E-state index in [0.717, 1.165) is 11.3 Å². The number of sulfonamides is 1. The van der Waals surface area contributed by atoms with Gasteiger partial charge in [-0.1, -0.05) is 12.1 Å². The SMILES string of the molecule is COc1ccc(C=CC(=O)N2CCN(S(C)(=O)=O)CC2)cc1. The number of nitrogens with zero attached hydrogens (tertiary/aromatic N) is 2. The molecule has 1 fully saturated rings. The molecule has 2 rings (SSSR count). The normalized spacial score (nSPS) is 16.9. The van der Waals surface area contributed by atoms with Crippen molar-refractivity contribution in [1.82, 2.24) is 9.21 Å². The second-order valence-electron chi connectivity index (χ2n) is 5.09. The van der Waals surface area contributed by atoms with Crippen molar-refractivity contribution in [2.75, 3.05) is 39.5 Å². The summed E-state index contributed by atoms with van der Waals surface area (Å²) >= 11 is 0. The number of carbonyl (C=O) groups is 1. The summed E-state index contributed by atoms with van der Waals surface area (Å²) in [5.74, 6) is 0.657. The Morgan fingerprint density at radius 3 is 2.23 bits per heavy atom. The molecule has 1 amide bonds. The summed E-state index contributed by atoms with van der Waals surface area (Å²) in [7, 11) is -1.57. The van der Waals surface area contributed by atoms with E-state index in [0.29, 0.717) is 26.2 Å². The van der Waals surface area contributed by atoms with Crippen molar-refractivity contribution in [1.29, 1.82) is 0 Å². The van der Waals surface area contributed by atoms with E-state index >= 15 is 0 Å². The Kier molecular flexibility index (Phi) is 5.20. The molecule has 1 heterocycles. The van der Waals surface area contributed by atoms with E-state index in [1.54, 1.807) is 18.1 Å². The summed E-state index contributed by atoms with van der Waals surface area (Å²) in [5.41, 5.74) is 0.906. The number of benzene rings is 1. The highest BCUT2D eigenvalue weighted by Gasteiger charge is 2.24. The zero-order chi connectivity index (χ0) is 16.2. The van der Waals surface area contributed by atoms with Gasteiger partial charge in [0.25, 0.3) is 0 Å². The van der Waals surface area contributed by atoms with Gasteiger partial charge in [0.1, 0.15) is 5.75 Å². The van der Waals surface area contributed by atoms with Gasteiger partial charge in [0.05, 0.1) is 13.4 Å². The molecule has 6 nitrogen and oxygen atoms in total. The summed E-state index contributed by atoms with van der Waals surface area (Å²) in [6.45, 7) is 1.53. The molecule has 1 aliphatic rings. The number of hydrogen-bond donors (Lipinski definition) is 0. The molecule has 1 saturated heterocycles. The number of ether oxygens (including phenoxy) is 1. The first kappa shape index (κ1) is 16.5. The third-order valence-corrected chi connectivity index (χ3v) is 4.86. The van der Waals surface area contributed by atoms with Crippen LogP contribution in [0.4, 0.5) is 0 Å². The Morgan fingerprint density at radius 2 is 1.73 bits per heavy atom. The molecule has 120 valence electrons. The lowest BCUT2D eigenvalue weighted by molar-refractivity contribution is -0.127. The van der Waals surface area contributed by atoms with Crippen LogP contribution in [0.25, 0.3) is 6.08 Å². The van der Waals surface area contributed by atoms with E-state index in [4.69, 9.17) is 4.74 Å². The molecule has 1 aromatic rings. The highest BCUT2D eigenvalue weighted by Crippen LogP contribution is 2.13. The van der Waals surface area contributed by atoms with E-state index in [2.05, 4.69) is 0 Å². The predicted octanol–water partition coefficient (Wildman–Crippen LogP) is 0.812. The van der Waals surface area contributed by atoms with Crippen molar-refractivity contribution in [2.24, 2.45) is 0 Å². The number of carbonyl (C=O) groups excluding carboxylic acids is 1. The van der Waals surface area contributed by atoms with Crippen LogP contribution in [0.5, 0.6) is 5.75 Å². The van der Waals surface area contributed by atoms with Crippen LogP contribution in [0, 0.1) is 0 Å². The molecule has 0 radical (unpaired) electrons. The van der Waals surface area contributed by atoms with E-state index in [9.17, 15) is 13.2 Å². The molecule has 0 atom stereocenters. The fraction of sp³-hybridized carbons (Fsp3) is 0.400. The molecule has 1 aromatic carbocycles. The van der Waals surface area contributed by atoms with Crippen LogP contribution in [0.2, 0.25) is 0 Å². The molecule has 7 heteroatoms. The largest absolute Gasteiger partial charge is 0.497 e. The third-order valence-electron chi connectivity index (χ3n) is 3.55. The smallest absolute Gasteiger partial charge is 0.246 e. The molecule has 0 aliphatic carbocycles. The summed E-state index contributed by atoms with van der Waals surface area (Å²) in [4.78, 5) is 13.8. The minimum absolute atomic E-state index is 0.107. The monoisotopic (exact) mass is 324 g/mol. The van der Waals surface area contributed by atoms with Gasteiger partial charge in [-0.25, -0.2) is 8.42 Å². The standard InChI is InChI=1S/C15H20N2O4S/c1-21-14-6-3-13(4-7-14)5-8-15(18)16-9-11-17(12-10-16)22(2,19)20/h3-8H,9-12H2,1-2H3. The van der Waals surface area contributed by atoms with Gasteiger partial charge < -0.3 is 9.64 Å². The molecule has 22 heavy (non-hydrogen) atoms. The second-order valence-corrected chi connectivity index (χ2v) is 7.08. The fourth-order valence-electron chi connectivity index (χ4n) is 2.23. The highest BCUT2D eigenvalue weighted by molar-refractivity contribution is 7.88. The molecule has 0 unspecified atom stereocenters. The Labute approximate surface area is 131 Å². The number of amides is 1. The summed E-state index contributed by atoms with van der Waals surface area (Å²) in [6.07, 6.45) is 4.44. The zero-order valence-corrected chi connectivity index (χ0v) is 13.5. The van der Waals surface area contributed by atoms with Crippen LogP contribution in [-0.4, -0.2) is 63.1 Å². The van der Waals surface area contributed by atoms with Crippen LogP contribution in [0.15, 0.2) is 30.3 Å². The lowest BCUT2D eigenvalue weighted by Crippen LogP contribution is -2.49. The van der Waals surface area contributed by atoms with Crippen molar-refractivity contribution >= 4 is 22.0 Å². The van der Waals surface area contributed by atoms with Gasteiger partial charge in [0.2, 0.25) is 15.9 Å². The molecule has 1 aliphatic heterocycles. The first-order valence-corrected chi connectivity index (χ1v) is 8.81. The molecule has 0 bridgehead atoms. The van der Waals surface area contributed by atoms with Crippen molar-refractivity contribution in [3.05, 3.63) is 35.9 Å². The van der Waals surface area contributed by atoms with Gasteiger partial charge in [0.15, 0.2) is 0 Å². The summed E-state index contributed by atoms with van der Waals surface area (Å²) in [6, 6.07) is 7.39. The number of hydrogen-bond acceptors (Lipinski definition) is 4. The third kappa shape index (κ3) is 4.32. The Bertz CT molecular complexity index is 645. The highest BCUT2D eigenvalue weighted by atomic mass is 32.2. The Morgan fingerprint density at radius 1 is 1.14 bits per heavy atom. The molecular formula is C15H20N2O4S. The fourth-order valence-corrected chi connectivity index (χ4v) is 3.05. The molecule has 0 spiro atoms. The lowest BCUT2D eigenvalue weighted by Gasteiger charge is -2.32. The average Bonchev–Trinajstić information content (AvgIpc) is 2.52. The van der Waals surface area contributed by atoms with Crippen molar-refractivity contribution in [3.8, 4) is 5.75 Å². The Hall–Kier alpha value is -1.86. The molecule has 0 N–H and O–H groups in total. The average molecular weight is 324 g/mol. The topological polar surface area (TPSA) is 66.9 Å². The first-order valence-electron chi connectivity index (χ1n) is 6.96. The minimum atomic E-state index is -3.17. The van der Waals surface area contributed by atoms with Crippen molar-refractivity contribution in [3.63, 3.8) is 0 Å². The maximum Gasteiger partial charge on any atom is 0.246 e. The lowest BCUT2D eigenvalue weighted by atomic mass is 10.2. The van der Waals surface area contributed by atoms with E-state index in [1.807, 2.05) is 24.3 Å². The van der Waals surface area contributed by atoms with Crippen LogP contribution >= 0.6 is 0 Å². The first-order chi connectivity index (χ1) is 10.4. The van der Waals surface area contributed by atoms with E-state index < -0.39 is 10.0 Å².